The van der Waals surface area contributed by atoms with Crippen molar-refractivity contribution >= 4 is 11.6 Å². The highest BCUT2D eigenvalue weighted by molar-refractivity contribution is 5.92. The number of anilines is 1. The molecule has 134 valence electrons. The van der Waals surface area contributed by atoms with Gasteiger partial charge in [-0.2, -0.15) is 0 Å². The van der Waals surface area contributed by atoms with E-state index in [1.807, 2.05) is 17.8 Å². The number of likely N-dealkylation sites (tertiary alicyclic amines) is 1. The van der Waals surface area contributed by atoms with E-state index in [1.54, 1.807) is 18.3 Å². The van der Waals surface area contributed by atoms with Crippen molar-refractivity contribution in [3.63, 3.8) is 0 Å². The fourth-order valence-corrected chi connectivity index (χ4v) is 3.27. The zero-order valence-electron chi connectivity index (χ0n) is 14.2. The minimum Gasteiger partial charge on any atom is -0.385 e. The molecule has 1 unspecified atom stereocenters. The van der Waals surface area contributed by atoms with Gasteiger partial charge in [0.25, 0.3) is 0 Å². The van der Waals surface area contributed by atoms with Crippen LogP contribution in [0.25, 0.3) is 0 Å². The summed E-state index contributed by atoms with van der Waals surface area (Å²) in [5.74, 6) is 0.293. The molecule has 2 aromatic rings. The van der Waals surface area contributed by atoms with Crippen molar-refractivity contribution in [1.29, 1.82) is 0 Å². The van der Waals surface area contributed by atoms with Crippen LogP contribution >= 0.6 is 0 Å². The second-order valence-corrected chi connectivity index (χ2v) is 6.51. The molecule has 1 aliphatic rings. The average Bonchev–Trinajstić information content (AvgIpc) is 3.01. The molecule has 3 rings (SSSR count). The van der Waals surface area contributed by atoms with Crippen LogP contribution < -0.4 is 5.32 Å². The topological polar surface area (TPSA) is 70.4 Å². The Morgan fingerprint density at radius 1 is 1.44 bits per heavy atom. The van der Waals surface area contributed by atoms with Gasteiger partial charge in [-0.1, -0.05) is 6.07 Å². The van der Waals surface area contributed by atoms with Gasteiger partial charge in [0, 0.05) is 25.1 Å². The van der Waals surface area contributed by atoms with Gasteiger partial charge in [0.2, 0.25) is 5.91 Å². The van der Waals surface area contributed by atoms with E-state index < -0.39 is 6.10 Å². The molecule has 0 saturated carbocycles. The largest absolute Gasteiger partial charge is 0.385 e. The van der Waals surface area contributed by atoms with Gasteiger partial charge in [0.1, 0.15) is 17.7 Å². The first-order chi connectivity index (χ1) is 12.0. The molecule has 1 amide bonds. The Bertz CT molecular complexity index is 725. The maximum absolute atomic E-state index is 13.1. The van der Waals surface area contributed by atoms with Crippen molar-refractivity contribution in [2.24, 2.45) is 13.0 Å². The van der Waals surface area contributed by atoms with Crippen LogP contribution in [0.2, 0.25) is 0 Å². The number of carbonyl (C=O) groups excluding carboxylic acids is 1. The van der Waals surface area contributed by atoms with Crippen LogP contribution in [0.3, 0.4) is 0 Å². The van der Waals surface area contributed by atoms with Crippen LogP contribution in [-0.4, -0.2) is 45.1 Å². The third-order valence-corrected chi connectivity index (χ3v) is 4.68. The van der Waals surface area contributed by atoms with Crippen molar-refractivity contribution in [3.05, 3.63) is 48.3 Å². The number of nitrogens with zero attached hydrogens (tertiary/aromatic N) is 3. The Kier molecular flexibility index (Phi) is 5.45. The van der Waals surface area contributed by atoms with Crippen molar-refractivity contribution in [1.82, 2.24) is 14.5 Å². The number of piperidine rings is 1. The quantitative estimate of drug-likeness (QED) is 0.868. The van der Waals surface area contributed by atoms with Crippen molar-refractivity contribution in [2.75, 3.05) is 25.0 Å². The van der Waals surface area contributed by atoms with Crippen LogP contribution in [0.5, 0.6) is 0 Å². The molecule has 1 saturated heterocycles. The summed E-state index contributed by atoms with van der Waals surface area (Å²) in [5.41, 5.74) is 0.463. The standard InChI is InChI=1S/C18H23FN4O2/c1-22-10-7-20-18(22)17(25)13-5-8-23(9-6-13)12-16(24)21-15-4-2-3-14(19)11-15/h2-4,7,10-11,13,17,25H,5-6,8-9,12H2,1H3,(H,21,24). The minimum atomic E-state index is -0.580. The van der Waals surface area contributed by atoms with Gasteiger partial charge in [-0.25, -0.2) is 9.37 Å². The van der Waals surface area contributed by atoms with Gasteiger partial charge < -0.3 is 15.0 Å². The van der Waals surface area contributed by atoms with Gasteiger partial charge in [-0.05, 0) is 50.0 Å². The second kappa shape index (κ2) is 7.76. The molecule has 1 fully saturated rings. The van der Waals surface area contributed by atoms with Crippen LogP contribution in [-0.2, 0) is 11.8 Å². The number of aliphatic hydroxyl groups excluding tert-OH is 1. The fraction of sp³-hybridized carbons (Fsp3) is 0.444. The van der Waals surface area contributed by atoms with Gasteiger partial charge >= 0.3 is 0 Å². The Labute approximate surface area is 146 Å². The molecule has 1 atom stereocenters. The predicted octanol–water partition coefficient (Wildman–Crippen LogP) is 1.94. The summed E-state index contributed by atoms with van der Waals surface area (Å²) in [4.78, 5) is 18.4. The number of halogens is 1. The average molecular weight is 346 g/mol. The van der Waals surface area contributed by atoms with Gasteiger partial charge in [-0.3, -0.25) is 9.69 Å². The van der Waals surface area contributed by atoms with E-state index in [0.717, 1.165) is 25.9 Å². The van der Waals surface area contributed by atoms with Gasteiger partial charge in [0.15, 0.2) is 0 Å². The molecule has 6 nitrogen and oxygen atoms in total. The van der Waals surface area contributed by atoms with Crippen molar-refractivity contribution in [3.8, 4) is 0 Å². The highest BCUT2D eigenvalue weighted by atomic mass is 19.1. The molecule has 1 aliphatic heterocycles. The highest BCUT2D eigenvalue weighted by Crippen LogP contribution is 2.29. The minimum absolute atomic E-state index is 0.142. The van der Waals surface area contributed by atoms with Gasteiger partial charge in [-0.15, -0.1) is 0 Å². The Hall–Kier alpha value is -2.25. The zero-order valence-corrected chi connectivity index (χ0v) is 14.2. The summed E-state index contributed by atoms with van der Waals surface area (Å²) < 4.78 is 15.0. The van der Waals surface area contributed by atoms with E-state index in [2.05, 4.69) is 15.2 Å². The SMILES string of the molecule is Cn1ccnc1C(O)C1CCN(CC(=O)Nc2cccc(F)c2)CC1. The number of aryl methyl sites for hydroxylation is 1. The molecule has 1 aromatic heterocycles. The first-order valence-electron chi connectivity index (χ1n) is 8.46. The Morgan fingerprint density at radius 2 is 2.20 bits per heavy atom. The number of aromatic nitrogens is 2. The number of carbonyl (C=O) groups is 1. The van der Waals surface area contributed by atoms with E-state index in [9.17, 15) is 14.3 Å². The molecular weight excluding hydrogens is 323 g/mol. The van der Waals surface area contributed by atoms with E-state index in [4.69, 9.17) is 0 Å². The van der Waals surface area contributed by atoms with Crippen LogP contribution in [0, 0.1) is 11.7 Å². The fourth-order valence-electron chi connectivity index (χ4n) is 3.27. The summed E-state index contributed by atoms with van der Waals surface area (Å²) in [6.07, 6.45) is 4.54. The maximum Gasteiger partial charge on any atom is 0.238 e. The lowest BCUT2D eigenvalue weighted by Gasteiger charge is -2.33. The summed E-state index contributed by atoms with van der Waals surface area (Å²) in [5, 5.41) is 13.2. The molecule has 1 aromatic carbocycles. The monoisotopic (exact) mass is 346 g/mol. The van der Waals surface area contributed by atoms with Crippen LogP contribution in [0.1, 0.15) is 24.8 Å². The second-order valence-electron chi connectivity index (χ2n) is 6.51. The van der Waals surface area contributed by atoms with Crippen molar-refractivity contribution in [2.45, 2.75) is 18.9 Å². The number of amides is 1. The smallest absolute Gasteiger partial charge is 0.238 e. The third-order valence-electron chi connectivity index (χ3n) is 4.68. The molecule has 7 heteroatoms. The Balaban J connectivity index is 1.47. The normalized spacial score (nSPS) is 17.4. The van der Waals surface area contributed by atoms with E-state index in [-0.39, 0.29) is 24.2 Å². The highest BCUT2D eigenvalue weighted by Gasteiger charge is 2.28. The van der Waals surface area contributed by atoms with Crippen LogP contribution in [0.15, 0.2) is 36.7 Å². The summed E-state index contributed by atoms with van der Waals surface area (Å²) in [6, 6.07) is 5.87. The molecule has 0 bridgehead atoms. The van der Waals surface area contributed by atoms with Crippen molar-refractivity contribution < 1.29 is 14.3 Å². The lowest BCUT2D eigenvalue weighted by Crippen LogP contribution is -2.40. The number of nitrogens with one attached hydrogen (secondary N) is 1. The summed E-state index contributed by atoms with van der Waals surface area (Å²) in [6.45, 7) is 1.74. The molecule has 2 N–H and O–H groups in total. The lowest BCUT2D eigenvalue weighted by molar-refractivity contribution is -0.117. The molecule has 0 aliphatic carbocycles. The molecule has 25 heavy (non-hydrogen) atoms. The van der Waals surface area contributed by atoms with E-state index >= 15 is 0 Å². The number of rotatable bonds is 5. The molecule has 0 spiro atoms. The van der Waals surface area contributed by atoms with Crippen LogP contribution in [0.4, 0.5) is 10.1 Å². The summed E-state index contributed by atoms with van der Waals surface area (Å²) >= 11 is 0. The summed E-state index contributed by atoms with van der Waals surface area (Å²) in [7, 11) is 1.87. The lowest BCUT2D eigenvalue weighted by atomic mass is 9.90. The number of benzene rings is 1. The number of imidazole rings is 1. The first-order valence-corrected chi connectivity index (χ1v) is 8.46. The van der Waals surface area contributed by atoms with Gasteiger partial charge in [0.05, 0.1) is 6.54 Å². The zero-order chi connectivity index (χ0) is 17.8. The number of aliphatic hydroxyl groups is 1. The maximum atomic E-state index is 13.1. The first kappa shape index (κ1) is 17.6. The number of hydrogen-bond acceptors (Lipinski definition) is 4. The molecular formula is C18H23FN4O2. The third kappa shape index (κ3) is 4.43. The molecule has 0 radical (unpaired) electrons. The van der Waals surface area contributed by atoms with E-state index in [0.29, 0.717) is 11.5 Å². The molecule has 2 heterocycles. The van der Waals surface area contributed by atoms with E-state index in [1.165, 1.54) is 12.1 Å². The number of hydrogen-bond donors (Lipinski definition) is 2. The Morgan fingerprint density at radius 3 is 2.84 bits per heavy atom. The predicted molar refractivity (Wildman–Crippen MR) is 92.4 cm³/mol.